The van der Waals surface area contributed by atoms with Crippen LogP contribution in [0.5, 0.6) is 5.75 Å². The van der Waals surface area contributed by atoms with Gasteiger partial charge in [-0.2, -0.15) is 4.37 Å². The number of hydrogen-bond acceptors (Lipinski definition) is 5. The largest absolute Gasteiger partial charge is 0.483 e. The zero-order chi connectivity index (χ0) is 23.5. The molecule has 0 saturated heterocycles. The summed E-state index contributed by atoms with van der Waals surface area (Å²) in [7, 11) is 0. The van der Waals surface area contributed by atoms with Crippen LogP contribution in [0.1, 0.15) is 38.3 Å². The van der Waals surface area contributed by atoms with Gasteiger partial charge in [-0.3, -0.25) is 0 Å². The number of ether oxygens (including phenoxy) is 2. The molecule has 0 fully saturated rings. The molecule has 0 aliphatic carbocycles. The maximum atomic E-state index is 14.6. The van der Waals surface area contributed by atoms with Gasteiger partial charge in [-0.25, -0.2) is 8.78 Å². The van der Waals surface area contributed by atoms with E-state index in [2.05, 4.69) is 4.37 Å². The molecule has 4 nitrogen and oxygen atoms in total. The highest BCUT2D eigenvalue weighted by Gasteiger charge is 2.20. The van der Waals surface area contributed by atoms with E-state index in [1.54, 1.807) is 12.1 Å². The van der Waals surface area contributed by atoms with Gasteiger partial charge < -0.3 is 14.6 Å². The topological polar surface area (TPSA) is 51.6 Å². The lowest BCUT2D eigenvalue weighted by Gasteiger charge is -2.24. The fourth-order valence-corrected chi connectivity index (χ4v) is 4.26. The van der Waals surface area contributed by atoms with E-state index >= 15 is 0 Å². The maximum absolute atomic E-state index is 14.6. The Balaban J connectivity index is 1.70. The van der Waals surface area contributed by atoms with Gasteiger partial charge in [0.05, 0.1) is 10.5 Å². The lowest BCUT2D eigenvalue weighted by atomic mass is 10.1. The van der Waals surface area contributed by atoms with Crippen molar-refractivity contribution in [1.29, 1.82) is 0 Å². The van der Waals surface area contributed by atoms with Gasteiger partial charge in [-0.1, -0.05) is 35.3 Å². The highest BCUT2D eigenvalue weighted by Crippen LogP contribution is 2.35. The first-order valence-electron chi connectivity index (χ1n) is 9.90. The first-order chi connectivity index (χ1) is 15.0. The van der Waals surface area contributed by atoms with Crippen molar-refractivity contribution >= 4 is 34.7 Å². The molecule has 0 amide bonds. The van der Waals surface area contributed by atoms with E-state index in [1.807, 2.05) is 32.9 Å². The Morgan fingerprint density at radius 2 is 1.72 bits per heavy atom. The molecule has 1 heterocycles. The van der Waals surface area contributed by atoms with Crippen molar-refractivity contribution in [3.8, 4) is 16.2 Å². The molecule has 0 radical (unpaired) electrons. The van der Waals surface area contributed by atoms with E-state index in [-0.39, 0.29) is 24.6 Å². The second-order valence-electron chi connectivity index (χ2n) is 8.19. The van der Waals surface area contributed by atoms with Gasteiger partial charge in [-0.15, -0.1) is 0 Å². The standard InChI is InChI=1S/C23H23Cl2F2NO3S/c1-23(2,3)31-19(29)9-4-13-10-17(26)20(18(27)11-13)30-12-16-21(32-28-22(16)25)14-5-7-15(24)8-6-14/h5-8,10-11,19,29H,4,9,12H2,1-3H3. The van der Waals surface area contributed by atoms with Gasteiger partial charge in [-0.05, 0) is 74.1 Å². The van der Waals surface area contributed by atoms with Crippen molar-refractivity contribution in [3.63, 3.8) is 0 Å². The summed E-state index contributed by atoms with van der Waals surface area (Å²) in [5.74, 6) is -2.17. The third-order valence-electron chi connectivity index (χ3n) is 4.44. The van der Waals surface area contributed by atoms with Crippen LogP contribution in [-0.4, -0.2) is 21.4 Å². The smallest absolute Gasteiger partial charge is 0.191 e. The van der Waals surface area contributed by atoms with E-state index in [9.17, 15) is 13.9 Å². The summed E-state index contributed by atoms with van der Waals surface area (Å²) in [6.45, 7) is 5.29. The Labute approximate surface area is 199 Å². The second-order valence-corrected chi connectivity index (χ2v) is 9.76. The molecule has 0 bridgehead atoms. The average molecular weight is 502 g/mol. The monoisotopic (exact) mass is 501 g/mol. The van der Waals surface area contributed by atoms with E-state index in [4.69, 9.17) is 32.7 Å². The van der Waals surface area contributed by atoms with Crippen LogP contribution in [0.2, 0.25) is 10.2 Å². The predicted molar refractivity (Wildman–Crippen MR) is 123 cm³/mol. The number of benzene rings is 2. The number of rotatable bonds is 8. The van der Waals surface area contributed by atoms with Crippen molar-refractivity contribution < 1.29 is 23.4 Å². The Hall–Kier alpha value is -1.77. The number of aliphatic hydroxyl groups excluding tert-OH is 1. The van der Waals surface area contributed by atoms with Gasteiger partial charge in [0, 0.05) is 17.0 Å². The van der Waals surface area contributed by atoms with Crippen LogP contribution >= 0.6 is 34.7 Å². The second kappa shape index (κ2) is 10.4. The number of aromatic nitrogens is 1. The minimum absolute atomic E-state index is 0.154. The van der Waals surface area contributed by atoms with Crippen LogP contribution in [0.3, 0.4) is 0 Å². The Kier molecular flexibility index (Phi) is 8.11. The molecule has 172 valence electrons. The van der Waals surface area contributed by atoms with Gasteiger partial charge in [0.2, 0.25) is 0 Å². The summed E-state index contributed by atoms with van der Waals surface area (Å²) in [5.41, 5.74) is 1.23. The molecule has 1 unspecified atom stereocenters. The molecule has 1 N–H and O–H groups in total. The quantitative estimate of drug-likeness (QED) is 0.336. The van der Waals surface area contributed by atoms with E-state index in [0.29, 0.717) is 16.1 Å². The molecule has 0 spiro atoms. The molecule has 3 rings (SSSR count). The van der Waals surface area contributed by atoms with Gasteiger partial charge >= 0.3 is 0 Å². The third-order valence-corrected chi connectivity index (χ3v) is 6.04. The zero-order valence-electron chi connectivity index (χ0n) is 17.8. The molecule has 3 aromatic rings. The summed E-state index contributed by atoms with van der Waals surface area (Å²) < 4.78 is 44.2. The average Bonchev–Trinajstić information content (AvgIpc) is 3.05. The van der Waals surface area contributed by atoms with E-state index in [0.717, 1.165) is 10.4 Å². The lowest BCUT2D eigenvalue weighted by molar-refractivity contribution is -0.167. The van der Waals surface area contributed by atoms with Crippen LogP contribution in [0, 0.1) is 11.6 Å². The van der Waals surface area contributed by atoms with Crippen LogP contribution in [-0.2, 0) is 17.8 Å². The normalized spacial score (nSPS) is 12.8. The van der Waals surface area contributed by atoms with Crippen molar-refractivity contribution in [1.82, 2.24) is 4.37 Å². The Morgan fingerprint density at radius 3 is 2.31 bits per heavy atom. The van der Waals surface area contributed by atoms with Crippen molar-refractivity contribution in [2.45, 2.75) is 52.1 Å². The minimum Gasteiger partial charge on any atom is -0.483 e. The van der Waals surface area contributed by atoms with Crippen molar-refractivity contribution in [3.05, 3.63) is 69.3 Å². The SMILES string of the molecule is CC(C)(C)OC(O)CCc1cc(F)c(OCc2c(Cl)nsc2-c2ccc(Cl)cc2)c(F)c1. The molecule has 0 aliphatic heterocycles. The van der Waals surface area contributed by atoms with Gasteiger partial charge in [0.1, 0.15) is 11.8 Å². The minimum atomic E-state index is -1.03. The summed E-state index contributed by atoms with van der Waals surface area (Å²) >= 11 is 13.3. The molecule has 1 aromatic heterocycles. The molecule has 0 aliphatic rings. The summed E-state index contributed by atoms with van der Waals surface area (Å²) in [6, 6.07) is 9.46. The molecule has 2 aromatic carbocycles. The molecule has 1 atom stereocenters. The predicted octanol–water partition coefficient (Wildman–Crippen LogP) is 7.04. The molecular formula is C23H23Cl2F2NO3S. The first kappa shape index (κ1) is 24.9. The first-order valence-corrected chi connectivity index (χ1v) is 11.4. The highest BCUT2D eigenvalue weighted by atomic mass is 35.5. The summed E-state index contributed by atoms with van der Waals surface area (Å²) in [5, 5.41) is 10.7. The summed E-state index contributed by atoms with van der Waals surface area (Å²) in [6.07, 6.45) is -0.583. The third kappa shape index (κ3) is 6.62. The van der Waals surface area contributed by atoms with Gasteiger partial charge in [0.15, 0.2) is 23.7 Å². The van der Waals surface area contributed by atoms with Crippen LogP contribution in [0.25, 0.3) is 10.4 Å². The highest BCUT2D eigenvalue weighted by molar-refractivity contribution is 7.10. The Bertz CT molecular complexity index is 1050. The lowest BCUT2D eigenvalue weighted by Crippen LogP contribution is -2.27. The Morgan fingerprint density at radius 1 is 1.09 bits per heavy atom. The molecule has 9 heteroatoms. The number of hydrogen-bond donors (Lipinski definition) is 1. The fraction of sp³-hybridized carbons (Fsp3) is 0.348. The fourth-order valence-electron chi connectivity index (χ4n) is 3.04. The van der Waals surface area contributed by atoms with Crippen LogP contribution in [0.15, 0.2) is 36.4 Å². The number of nitrogens with zero attached hydrogens (tertiary/aromatic N) is 1. The van der Waals surface area contributed by atoms with E-state index in [1.165, 1.54) is 23.7 Å². The van der Waals surface area contributed by atoms with Gasteiger partial charge in [0.25, 0.3) is 0 Å². The van der Waals surface area contributed by atoms with Crippen LogP contribution in [0.4, 0.5) is 8.78 Å². The van der Waals surface area contributed by atoms with Crippen molar-refractivity contribution in [2.75, 3.05) is 0 Å². The molecule has 32 heavy (non-hydrogen) atoms. The maximum Gasteiger partial charge on any atom is 0.191 e. The zero-order valence-corrected chi connectivity index (χ0v) is 20.1. The molecular weight excluding hydrogens is 479 g/mol. The number of halogens is 4. The number of aliphatic hydroxyl groups is 1. The number of aryl methyl sites for hydroxylation is 1. The van der Waals surface area contributed by atoms with Crippen molar-refractivity contribution in [2.24, 2.45) is 0 Å². The van der Waals surface area contributed by atoms with Crippen LogP contribution < -0.4 is 4.74 Å². The molecule has 0 saturated carbocycles. The summed E-state index contributed by atoms with van der Waals surface area (Å²) in [4.78, 5) is 0.733. The van der Waals surface area contributed by atoms with E-state index < -0.39 is 29.3 Å².